The van der Waals surface area contributed by atoms with Crippen LogP contribution in [-0.4, -0.2) is 33.7 Å². The summed E-state index contributed by atoms with van der Waals surface area (Å²) < 4.78 is 26.2. The maximum Gasteiger partial charge on any atom is 0.331 e. The van der Waals surface area contributed by atoms with Crippen molar-refractivity contribution in [3.8, 4) is 0 Å². The lowest BCUT2D eigenvalue weighted by Gasteiger charge is -2.32. The molecule has 0 aromatic rings. The molecule has 2 rings (SSSR count). The summed E-state index contributed by atoms with van der Waals surface area (Å²) in [7, 11) is -1.47. The van der Waals surface area contributed by atoms with Gasteiger partial charge in [-0.15, -0.1) is 6.58 Å². The van der Waals surface area contributed by atoms with Crippen LogP contribution in [0.25, 0.3) is 0 Å². The zero-order chi connectivity index (χ0) is 19.4. The zero-order valence-corrected chi connectivity index (χ0v) is 16.7. The van der Waals surface area contributed by atoms with E-state index in [0.29, 0.717) is 6.61 Å². The SMILES string of the molecule is C=CC[C@@](/C=C1\C=C2C=CC=C2OC1)(N[S@@](=O)C(C)(C)C)C(=O)OCC. The lowest BCUT2D eigenvalue weighted by atomic mass is 9.92. The first kappa shape index (κ1) is 20.4. The second kappa shape index (κ2) is 8.18. The Morgan fingerprint density at radius 3 is 2.81 bits per heavy atom. The standard InChI is InChI=1S/C20H27NO4S/c1-6-11-20(18(22)24-7-2,21-26(23)19(3,4)5)13-15-12-16-9-8-10-17(16)25-14-15/h6,8-10,12-13,21H,1,7,11,14H2,2-5H3/b15-13+/t20-,26-/m0/s1. The zero-order valence-electron chi connectivity index (χ0n) is 15.8. The molecule has 0 saturated carbocycles. The molecule has 2 aliphatic rings. The lowest BCUT2D eigenvalue weighted by Crippen LogP contribution is -2.55. The molecule has 5 nitrogen and oxygen atoms in total. The monoisotopic (exact) mass is 377 g/mol. The molecule has 1 heterocycles. The van der Waals surface area contributed by atoms with Gasteiger partial charge in [0.05, 0.1) is 22.3 Å². The van der Waals surface area contributed by atoms with Gasteiger partial charge in [-0.25, -0.2) is 13.7 Å². The van der Waals surface area contributed by atoms with E-state index in [1.165, 1.54) is 0 Å². The summed E-state index contributed by atoms with van der Waals surface area (Å²) in [5.74, 6) is 0.338. The molecule has 2 atom stereocenters. The van der Waals surface area contributed by atoms with Crippen molar-refractivity contribution < 1.29 is 18.5 Å². The Morgan fingerprint density at radius 2 is 2.19 bits per heavy atom. The number of hydrogen-bond donors (Lipinski definition) is 1. The van der Waals surface area contributed by atoms with Crippen LogP contribution in [-0.2, 0) is 25.3 Å². The fourth-order valence-corrected chi connectivity index (χ4v) is 3.45. The van der Waals surface area contributed by atoms with Gasteiger partial charge in [0.15, 0.2) is 5.54 Å². The van der Waals surface area contributed by atoms with Gasteiger partial charge in [0.2, 0.25) is 0 Å². The van der Waals surface area contributed by atoms with Crippen molar-refractivity contribution in [1.82, 2.24) is 4.72 Å². The molecule has 0 amide bonds. The molecule has 142 valence electrons. The summed E-state index contributed by atoms with van der Waals surface area (Å²) in [5, 5.41) is 0. The Bertz CT molecular complexity index is 725. The van der Waals surface area contributed by atoms with Gasteiger partial charge in [0, 0.05) is 5.57 Å². The summed E-state index contributed by atoms with van der Waals surface area (Å²) in [5.41, 5.74) is 0.502. The van der Waals surface area contributed by atoms with Crippen LogP contribution < -0.4 is 4.72 Å². The smallest absolute Gasteiger partial charge is 0.331 e. The molecule has 1 N–H and O–H groups in total. The fourth-order valence-electron chi connectivity index (χ4n) is 2.59. The summed E-state index contributed by atoms with van der Waals surface area (Å²) in [6.07, 6.45) is 11.4. The minimum Gasteiger partial charge on any atom is -0.488 e. The first-order valence-electron chi connectivity index (χ1n) is 8.64. The quantitative estimate of drug-likeness (QED) is 0.546. The lowest BCUT2D eigenvalue weighted by molar-refractivity contribution is -0.148. The van der Waals surface area contributed by atoms with Crippen LogP contribution in [0.4, 0.5) is 0 Å². The van der Waals surface area contributed by atoms with Gasteiger partial charge in [-0.1, -0.05) is 18.2 Å². The predicted molar refractivity (Wildman–Crippen MR) is 105 cm³/mol. The third-order valence-corrected chi connectivity index (χ3v) is 5.57. The molecule has 26 heavy (non-hydrogen) atoms. The van der Waals surface area contributed by atoms with Gasteiger partial charge in [-0.2, -0.15) is 0 Å². The number of hydrogen-bond acceptors (Lipinski definition) is 4. The summed E-state index contributed by atoms with van der Waals surface area (Å²) in [6, 6.07) is 0. The largest absolute Gasteiger partial charge is 0.488 e. The van der Waals surface area contributed by atoms with E-state index in [2.05, 4.69) is 11.3 Å². The van der Waals surface area contributed by atoms with Crippen LogP contribution in [0.2, 0.25) is 0 Å². The Balaban J connectivity index is 2.46. The predicted octanol–water partition coefficient (Wildman–Crippen LogP) is 3.25. The molecular weight excluding hydrogens is 350 g/mol. The Kier molecular flexibility index (Phi) is 6.42. The Labute approximate surface area is 158 Å². The molecule has 0 saturated heterocycles. The van der Waals surface area contributed by atoms with Crippen LogP contribution in [0, 0.1) is 0 Å². The molecule has 6 heteroatoms. The van der Waals surface area contributed by atoms with Crippen molar-refractivity contribution in [3.05, 3.63) is 59.9 Å². The number of esters is 1. The number of carbonyl (C=O) groups excluding carboxylic acids is 1. The molecule has 0 fully saturated rings. The number of ether oxygens (including phenoxy) is 2. The highest BCUT2D eigenvalue weighted by Crippen LogP contribution is 2.29. The van der Waals surface area contributed by atoms with Crippen molar-refractivity contribution in [1.29, 1.82) is 0 Å². The van der Waals surface area contributed by atoms with Crippen LogP contribution >= 0.6 is 0 Å². The number of nitrogens with one attached hydrogen (secondary N) is 1. The number of carbonyl (C=O) groups is 1. The van der Waals surface area contributed by atoms with E-state index in [1.807, 2.05) is 45.1 Å². The van der Waals surface area contributed by atoms with Crippen molar-refractivity contribution in [3.63, 3.8) is 0 Å². The van der Waals surface area contributed by atoms with E-state index in [1.54, 1.807) is 19.1 Å². The number of rotatable bonds is 7. The van der Waals surface area contributed by atoms with E-state index in [4.69, 9.17) is 9.47 Å². The van der Waals surface area contributed by atoms with Crippen molar-refractivity contribution in [2.75, 3.05) is 13.2 Å². The van der Waals surface area contributed by atoms with Crippen molar-refractivity contribution >= 4 is 17.0 Å². The number of fused-ring (bicyclic) bond motifs is 1. The molecule has 0 bridgehead atoms. The third-order valence-electron chi connectivity index (χ3n) is 3.91. The second-order valence-electron chi connectivity index (χ2n) is 7.17. The van der Waals surface area contributed by atoms with Gasteiger partial charge < -0.3 is 9.47 Å². The highest BCUT2D eigenvalue weighted by atomic mass is 32.2. The van der Waals surface area contributed by atoms with Crippen LogP contribution in [0.5, 0.6) is 0 Å². The summed E-state index contributed by atoms with van der Waals surface area (Å²) in [4.78, 5) is 12.8. The van der Waals surface area contributed by atoms with Crippen molar-refractivity contribution in [2.45, 2.75) is 44.4 Å². The van der Waals surface area contributed by atoms with Gasteiger partial charge >= 0.3 is 5.97 Å². The molecule has 0 radical (unpaired) electrons. The molecule has 1 aliphatic heterocycles. The Hall–Kier alpha value is -1.92. The first-order chi connectivity index (χ1) is 12.2. The first-order valence-corrected chi connectivity index (χ1v) is 9.79. The Morgan fingerprint density at radius 1 is 1.46 bits per heavy atom. The molecule has 0 aromatic heterocycles. The maximum atomic E-state index is 12.8. The van der Waals surface area contributed by atoms with Gasteiger partial charge in [-0.05, 0) is 57.9 Å². The molecule has 0 unspecified atom stereocenters. The van der Waals surface area contributed by atoms with Gasteiger partial charge in [0.1, 0.15) is 12.4 Å². The van der Waals surface area contributed by atoms with Gasteiger partial charge in [0.25, 0.3) is 0 Å². The minimum absolute atomic E-state index is 0.234. The third kappa shape index (κ3) is 4.62. The maximum absolute atomic E-state index is 12.8. The van der Waals surface area contributed by atoms with E-state index >= 15 is 0 Å². The second-order valence-corrected chi connectivity index (χ2v) is 9.13. The molecular formula is C20H27NO4S. The van der Waals surface area contributed by atoms with E-state index < -0.39 is 27.2 Å². The van der Waals surface area contributed by atoms with E-state index in [9.17, 15) is 9.00 Å². The normalized spacial score (nSPS) is 21.2. The van der Waals surface area contributed by atoms with Crippen LogP contribution in [0.1, 0.15) is 34.1 Å². The van der Waals surface area contributed by atoms with E-state index in [-0.39, 0.29) is 13.0 Å². The van der Waals surface area contributed by atoms with Crippen LogP contribution in [0.15, 0.2) is 59.9 Å². The number of allylic oxidation sites excluding steroid dienone is 3. The minimum atomic E-state index is -1.47. The highest BCUT2D eigenvalue weighted by molar-refractivity contribution is 7.84. The fraction of sp³-hybridized carbons (Fsp3) is 0.450. The van der Waals surface area contributed by atoms with Crippen molar-refractivity contribution in [2.24, 2.45) is 0 Å². The molecule has 0 aromatic carbocycles. The topological polar surface area (TPSA) is 64.6 Å². The average molecular weight is 378 g/mol. The summed E-state index contributed by atoms with van der Waals surface area (Å²) >= 11 is 0. The van der Waals surface area contributed by atoms with E-state index in [0.717, 1.165) is 16.9 Å². The molecule has 0 spiro atoms. The summed E-state index contributed by atoms with van der Waals surface area (Å²) in [6.45, 7) is 11.6. The van der Waals surface area contributed by atoms with Crippen LogP contribution in [0.3, 0.4) is 0 Å². The van der Waals surface area contributed by atoms with Gasteiger partial charge in [-0.3, -0.25) is 0 Å². The average Bonchev–Trinajstić information content (AvgIpc) is 3.01. The molecule has 1 aliphatic carbocycles. The highest BCUT2D eigenvalue weighted by Gasteiger charge is 2.41.